The SMILES string of the molecule is CC(C)c1ccc(N(c2ccc(C#N)cc2)c2ccc3c4c(ccc3c2)-c2cc3ccccc3cc2C42c3ccccc3-c3ccccc32)cc1. The molecule has 10 rings (SSSR count). The molecule has 1 spiro atoms. The fourth-order valence-corrected chi connectivity index (χ4v) is 8.93. The molecule has 8 aromatic rings. The standard InChI is InChI=1S/C49H34N2/c1-31(2)33-17-22-38(23-18-33)51(37-20-15-32(30-50)16-21-37)39-24-26-40-36(27-39)19-25-43-44-28-34-9-3-4-10-35(34)29-47(44)49(48(40)43)45-13-7-5-11-41(45)42-12-6-8-14-46(42)49/h3-29,31H,1-2H3. The Labute approximate surface area is 298 Å². The molecule has 2 aliphatic rings. The number of nitriles is 1. The monoisotopic (exact) mass is 650 g/mol. The number of nitrogens with zero attached hydrogens (tertiary/aromatic N) is 2. The van der Waals surface area contributed by atoms with E-state index in [0.29, 0.717) is 11.5 Å². The van der Waals surface area contributed by atoms with E-state index in [1.54, 1.807) is 0 Å². The molecular formula is C49H34N2. The summed E-state index contributed by atoms with van der Waals surface area (Å²) in [6, 6.07) is 62.3. The fraction of sp³-hybridized carbons (Fsp3) is 0.0816. The van der Waals surface area contributed by atoms with Crippen molar-refractivity contribution in [2.45, 2.75) is 25.2 Å². The van der Waals surface area contributed by atoms with E-state index in [0.717, 1.165) is 17.1 Å². The van der Waals surface area contributed by atoms with Crippen LogP contribution in [0.2, 0.25) is 0 Å². The highest BCUT2D eigenvalue weighted by Gasteiger charge is 2.52. The molecule has 2 heteroatoms. The van der Waals surface area contributed by atoms with Crippen molar-refractivity contribution in [1.29, 1.82) is 5.26 Å². The summed E-state index contributed by atoms with van der Waals surface area (Å²) in [5.41, 5.74) is 15.3. The van der Waals surface area contributed by atoms with Gasteiger partial charge >= 0.3 is 0 Å². The Kier molecular flexibility index (Phi) is 6.38. The third-order valence-electron chi connectivity index (χ3n) is 11.2. The van der Waals surface area contributed by atoms with Crippen LogP contribution in [-0.4, -0.2) is 0 Å². The molecular weight excluding hydrogens is 617 g/mol. The predicted octanol–water partition coefficient (Wildman–Crippen LogP) is 12.8. The van der Waals surface area contributed by atoms with Gasteiger partial charge < -0.3 is 4.90 Å². The zero-order valence-electron chi connectivity index (χ0n) is 28.6. The minimum absolute atomic E-state index is 0.442. The number of hydrogen-bond acceptors (Lipinski definition) is 2. The minimum atomic E-state index is -0.442. The van der Waals surface area contributed by atoms with E-state index in [1.807, 2.05) is 24.3 Å². The topological polar surface area (TPSA) is 27.0 Å². The van der Waals surface area contributed by atoms with Crippen molar-refractivity contribution in [3.63, 3.8) is 0 Å². The van der Waals surface area contributed by atoms with E-state index in [1.165, 1.54) is 71.6 Å². The number of rotatable bonds is 4. The lowest BCUT2D eigenvalue weighted by Crippen LogP contribution is -2.26. The van der Waals surface area contributed by atoms with Crippen molar-refractivity contribution in [2.24, 2.45) is 0 Å². The second-order valence-electron chi connectivity index (χ2n) is 14.2. The van der Waals surface area contributed by atoms with Crippen LogP contribution in [0.15, 0.2) is 164 Å². The first-order chi connectivity index (χ1) is 25.1. The summed E-state index contributed by atoms with van der Waals surface area (Å²) in [5, 5.41) is 14.5. The molecule has 8 aromatic carbocycles. The summed E-state index contributed by atoms with van der Waals surface area (Å²) in [5.74, 6) is 0.449. The Balaban J connectivity index is 1.25. The molecule has 0 bridgehead atoms. The largest absolute Gasteiger partial charge is 0.310 e. The molecule has 0 saturated carbocycles. The van der Waals surface area contributed by atoms with Crippen LogP contribution in [0, 0.1) is 11.3 Å². The molecule has 0 heterocycles. The van der Waals surface area contributed by atoms with Gasteiger partial charge in [-0.25, -0.2) is 0 Å². The number of hydrogen-bond donors (Lipinski definition) is 0. The number of benzene rings is 8. The molecule has 0 fully saturated rings. The van der Waals surface area contributed by atoms with Crippen molar-refractivity contribution in [3.05, 3.63) is 197 Å². The summed E-state index contributed by atoms with van der Waals surface area (Å²) in [6.07, 6.45) is 0. The molecule has 0 aromatic heterocycles. The first-order valence-electron chi connectivity index (χ1n) is 17.8. The third kappa shape index (κ3) is 4.16. The van der Waals surface area contributed by atoms with E-state index in [-0.39, 0.29) is 0 Å². The Bertz CT molecular complexity index is 2680. The Morgan fingerprint density at radius 2 is 1.08 bits per heavy atom. The molecule has 0 aliphatic heterocycles. The molecule has 0 saturated heterocycles. The van der Waals surface area contributed by atoms with Crippen molar-refractivity contribution < 1.29 is 0 Å². The zero-order chi connectivity index (χ0) is 34.3. The Morgan fingerprint density at radius 3 is 1.73 bits per heavy atom. The minimum Gasteiger partial charge on any atom is -0.310 e. The molecule has 2 nitrogen and oxygen atoms in total. The highest BCUT2D eigenvalue weighted by molar-refractivity contribution is 6.07. The van der Waals surface area contributed by atoms with E-state index < -0.39 is 5.41 Å². The van der Waals surface area contributed by atoms with Crippen molar-refractivity contribution in [1.82, 2.24) is 0 Å². The van der Waals surface area contributed by atoms with Crippen LogP contribution in [0.4, 0.5) is 17.1 Å². The zero-order valence-corrected chi connectivity index (χ0v) is 28.6. The van der Waals surface area contributed by atoms with Gasteiger partial charge in [-0.15, -0.1) is 0 Å². The van der Waals surface area contributed by atoms with Gasteiger partial charge in [0.2, 0.25) is 0 Å². The lowest BCUT2D eigenvalue weighted by Gasteiger charge is -2.32. The van der Waals surface area contributed by atoms with Crippen LogP contribution in [0.5, 0.6) is 0 Å². The average Bonchev–Trinajstić information content (AvgIpc) is 3.64. The van der Waals surface area contributed by atoms with E-state index in [2.05, 4.69) is 164 Å². The lowest BCUT2D eigenvalue weighted by atomic mass is 9.69. The predicted molar refractivity (Wildman–Crippen MR) is 211 cm³/mol. The van der Waals surface area contributed by atoms with Gasteiger partial charge in [0, 0.05) is 17.1 Å². The van der Waals surface area contributed by atoms with Gasteiger partial charge in [0.25, 0.3) is 0 Å². The molecule has 2 aliphatic carbocycles. The summed E-state index contributed by atoms with van der Waals surface area (Å²) >= 11 is 0. The highest BCUT2D eigenvalue weighted by atomic mass is 15.1. The average molecular weight is 651 g/mol. The smallest absolute Gasteiger partial charge is 0.0991 e. The Morgan fingerprint density at radius 1 is 0.490 bits per heavy atom. The Hall–Kier alpha value is -6.43. The summed E-state index contributed by atoms with van der Waals surface area (Å²) < 4.78 is 0. The van der Waals surface area contributed by atoms with Crippen LogP contribution < -0.4 is 4.90 Å². The molecule has 0 unspecified atom stereocenters. The first-order valence-corrected chi connectivity index (χ1v) is 17.8. The van der Waals surface area contributed by atoms with Crippen molar-refractivity contribution >= 4 is 38.6 Å². The van der Waals surface area contributed by atoms with E-state index in [9.17, 15) is 5.26 Å². The number of anilines is 3. The van der Waals surface area contributed by atoms with E-state index >= 15 is 0 Å². The van der Waals surface area contributed by atoms with E-state index in [4.69, 9.17) is 0 Å². The van der Waals surface area contributed by atoms with Gasteiger partial charge in [0.05, 0.1) is 17.0 Å². The van der Waals surface area contributed by atoms with Gasteiger partial charge in [-0.2, -0.15) is 5.26 Å². The number of fused-ring (bicyclic) bond motifs is 13. The van der Waals surface area contributed by atoms with Gasteiger partial charge in [-0.3, -0.25) is 0 Å². The van der Waals surface area contributed by atoms with Gasteiger partial charge in [-0.05, 0) is 138 Å². The summed E-state index contributed by atoms with van der Waals surface area (Å²) in [4.78, 5) is 2.30. The third-order valence-corrected chi connectivity index (χ3v) is 11.2. The van der Waals surface area contributed by atoms with Crippen LogP contribution in [-0.2, 0) is 5.41 Å². The van der Waals surface area contributed by atoms with Gasteiger partial charge in [0.15, 0.2) is 0 Å². The fourth-order valence-electron chi connectivity index (χ4n) is 8.93. The van der Waals surface area contributed by atoms with Crippen LogP contribution in [0.3, 0.4) is 0 Å². The van der Waals surface area contributed by atoms with Crippen LogP contribution in [0.25, 0.3) is 43.8 Å². The maximum absolute atomic E-state index is 9.55. The molecule has 0 amide bonds. The molecule has 0 N–H and O–H groups in total. The van der Waals surface area contributed by atoms with Gasteiger partial charge in [0.1, 0.15) is 0 Å². The second kappa shape index (κ2) is 11.0. The summed E-state index contributed by atoms with van der Waals surface area (Å²) in [7, 11) is 0. The molecule has 240 valence electrons. The van der Waals surface area contributed by atoms with Crippen molar-refractivity contribution in [3.8, 4) is 28.3 Å². The quantitative estimate of drug-likeness (QED) is 0.189. The van der Waals surface area contributed by atoms with Crippen LogP contribution >= 0.6 is 0 Å². The maximum atomic E-state index is 9.55. The second-order valence-corrected chi connectivity index (χ2v) is 14.2. The highest BCUT2D eigenvalue weighted by Crippen LogP contribution is 2.64. The normalized spacial score (nSPS) is 13.2. The molecule has 51 heavy (non-hydrogen) atoms. The van der Waals surface area contributed by atoms with Crippen molar-refractivity contribution in [2.75, 3.05) is 4.90 Å². The molecule has 0 atom stereocenters. The maximum Gasteiger partial charge on any atom is 0.0991 e. The molecule has 0 radical (unpaired) electrons. The van der Waals surface area contributed by atoms with Crippen LogP contribution in [0.1, 0.15) is 53.1 Å². The lowest BCUT2D eigenvalue weighted by molar-refractivity contribution is 0.802. The van der Waals surface area contributed by atoms with Gasteiger partial charge in [-0.1, -0.05) is 117 Å². The first kappa shape index (κ1) is 29.5. The summed E-state index contributed by atoms with van der Waals surface area (Å²) in [6.45, 7) is 4.45.